The van der Waals surface area contributed by atoms with Gasteiger partial charge < -0.3 is 13.9 Å². The second-order valence-electron chi connectivity index (χ2n) is 20.9. The van der Waals surface area contributed by atoms with Gasteiger partial charge in [-0.15, -0.1) is 0 Å². The van der Waals surface area contributed by atoms with Crippen molar-refractivity contribution in [2.24, 2.45) is 34.5 Å². The van der Waals surface area contributed by atoms with Crippen LogP contribution in [0.5, 0.6) is 0 Å². The molecule has 0 saturated heterocycles. The highest BCUT2D eigenvalue weighted by atomic mass is 28.4. The van der Waals surface area contributed by atoms with Crippen LogP contribution in [0.3, 0.4) is 0 Å². The number of carbonyl (C=O) groups excluding carboxylic acids is 2. The van der Waals surface area contributed by atoms with Crippen molar-refractivity contribution in [3.05, 3.63) is 63.5 Å². The van der Waals surface area contributed by atoms with Crippen molar-refractivity contribution in [3.8, 4) is 5.69 Å². The molecule has 11 heteroatoms. The first-order valence-corrected chi connectivity index (χ1v) is 24.2. The molecule has 2 aliphatic heterocycles. The molecular formula is C45H67N3O7Si. The highest BCUT2D eigenvalue weighted by Crippen LogP contribution is 2.74. The molecule has 0 unspecified atom stereocenters. The molecule has 10 atom stereocenters. The van der Waals surface area contributed by atoms with Gasteiger partial charge in [0.15, 0.2) is 8.32 Å². The predicted octanol–water partition coefficient (Wildman–Crippen LogP) is 8.49. The minimum absolute atomic E-state index is 0.0510. The van der Waals surface area contributed by atoms with E-state index in [-0.39, 0.29) is 51.7 Å². The monoisotopic (exact) mass is 789 g/mol. The third-order valence-corrected chi connectivity index (χ3v) is 20.8. The number of nitrogens with zero attached hydrogens (tertiary/aromatic N) is 3. The first-order valence-electron chi connectivity index (χ1n) is 21.3. The molecule has 2 aromatic rings. The normalized spacial score (nSPS) is 35.2. The SMILES string of the molecule is CC(=O)O[C@H]1C[C@H](O[Si](C)(C)C(C)(C)C)C[C@]23C=C[C@@]4([C@@H]5CC[C@H]([C@H](C)CCCC(C)(C)OC(C)=O)[C@@]5(C)CC[C@@H]4[C@@]12C)n1c(=O)n(-c2ccccc2)c(=O)n13. The van der Waals surface area contributed by atoms with E-state index in [9.17, 15) is 9.59 Å². The van der Waals surface area contributed by atoms with Gasteiger partial charge in [0.05, 0.1) is 22.9 Å². The van der Waals surface area contributed by atoms with Crippen LogP contribution in [0.15, 0.2) is 52.1 Å². The summed E-state index contributed by atoms with van der Waals surface area (Å²) in [5.41, 5.74) is -3.16. The molecule has 8 rings (SSSR count). The molecule has 2 spiro atoms. The van der Waals surface area contributed by atoms with Gasteiger partial charge in [0.2, 0.25) is 0 Å². The van der Waals surface area contributed by atoms with Crippen LogP contribution in [0.4, 0.5) is 0 Å². The quantitative estimate of drug-likeness (QED) is 0.135. The Balaban J connectivity index is 1.38. The lowest BCUT2D eigenvalue weighted by Crippen LogP contribution is -2.79. The van der Waals surface area contributed by atoms with Crippen LogP contribution >= 0.6 is 0 Å². The Labute approximate surface area is 334 Å². The number of esters is 2. The number of allylic oxidation sites excluding steroid dienone is 2. The van der Waals surface area contributed by atoms with Crippen LogP contribution in [-0.2, 0) is 34.6 Å². The van der Waals surface area contributed by atoms with E-state index >= 15 is 9.59 Å². The van der Waals surface area contributed by atoms with Gasteiger partial charge in [-0.05, 0) is 112 Å². The average Bonchev–Trinajstić information content (AvgIpc) is 3.58. The van der Waals surface area contributed by atoms with Gasteiger partial charge >= 0.3 is 23.3 Å². The summed E-state index contributed by atoms with van der Waals surface area (Å²) in [6.45, 7) is 25.2. The Kier molecular flexibility index (Phi) is 9.83. The van der Waals surface area contributed by atoms with E-state index < -0.39 is 36.5 Å². The minimum atomic E-state index is -2.30. The van der Waals surface area contributed by atoms with Gasteiger partial charge in [-0.3, -0.25) is 9.59 Å². The number of rotatable bonds is 10. The molecular weight excluding hydrogens is 723 g/mol. The first-order chi connectivity index (χ1) is 26.0. The minimum Gasteiger partial charge on any atom is -0.462 e. The highest BCUT2D eigenvalue weighted by molar-refractivity contribution is 6.74. The van der Waals surface area contributed by atoms with Crippen molar-refractivity contribution in [3.63, 3.8) is 0 Å². The molecule has 0 N–H and O–H groups in total. The topological polar surface area (TPSA) is 111 Å². The lowest BCUT2D eigenvalue weighted by atomic mass is 9.39. The van der Waals surface area contributed by atoms with Gasteiger partial charge in [-0.1, -0.05) is 78.3 Å². The van der Waals surface area contributed by atoms with Gasteiger partial charge in [0.1, 0.15) is 11.7 Å². The van der Waals surface area contributed by atoms with Crippen LogP contribution in [-0.4, -0.2) is 52.0 Å². The summed E-state index contributed by atoms with van der Waals surface area (Å²) in [6.07, 6.45) is 11.4. The summed E-state index contributed by atoms with van der Waals surface area (Å²) in [4.78, 5) is 55.4. The lowest BCUT2D eigenvalue weighted by molar-refractivity contribution is -0.244. The number of carbonyl (C=O) groups is 2. The summed E-state index contributed by atoms with van der Waals surface area (Å²) < 4.78 is 24.4. The Morgan fingerprint density at radius 1 is 0.911 bits per heavy atom. The van der Waals surface area contributed by atoms with Crippen molar-refractivity contribution in [2.75, 3.05) is 0 Å². The molecule has 3 fully saturated rings. The summed E-state index contributed by atoms with van der Waals surface area (Å²) in [5, 5.41) is -0.0510. The number of benzene rings is 1. The van der Waals surface area contributed by atoms with E-state index in [0.717, 1.165) is 44.9 Å². The van der Waals surface area contributed by atoms with Gasteiger partial charge in [-0.2, -0.15) is 0 Å². The molecule has 10 nitrogen and oxygen atoms in total. The number of hydrogen-bond donors (Lipinski definition) is 0. The number of hydrogen-bond acceptors (Lipinski definition) is 7. The largest absolute Gasteiger partial charge is 0.462 e. The third kappa shape index (κ3) is 5.85. The number of ether oxygens (including phenoxy) is 2. The van der Waals surface area contributed by atoms with E-state index in [4.69, 9.17) is 13.9 Å². The zero-order valence-corrected chi connectivity index (χ0v) is 37.1. The smallest absolute Gasteiger partial charge is 0.352 e. The van der Waals surface area contributed by atoms with Gasteiger partial charge in [-0.25, -0.2) is 23.5 Å². The van der Waals surface area contributed by atoms with Crippen LogP contribution in [0.1, 0.15) is 127 Å². The molecule has 4 aliphatic carbocycles. The Hall–Kier alpha value is -3.18. The van der Waals surface area contributed by atoms with Crippen LogP contribution < -0.4 is 11.4 Å². The molecule has 0 amide bonds. The van der Waals surface area contributed by atoms with Crippen molar-refractivity contribution in [2.45, 2.75) is 174 Å². The second kappa shape index (κ2) is 13.4. The number of aromatic nitrogens is 3. The summed E-state index contributed by atoms with van der Waals surface area (Å²) in [5.74, 6) is 0.273. The molecule has 1 aromatic carbocycles. The Morgan fingerprint density at radius 3 is 2.20 bits per heavy atom. The van der Waals surface area contributed by atoms with E-state index in [0.29, 0.717) is 30.4 Å². The number of fused-ring (bicyclic) bond motifs is 1. The molecule has 308 valence electrons. The molecule has 0 radical (unpaired) electrons. The van der Waals surface area contributed by atoms with E-state index in [2.05, 4.69) is 66.8 Å². The van der Waals surface area contributed by atoms with Gasteiger partial charge in [0.25, 0.3) is 0 Å². The standard InChI is InChI=1S/C45H67N3O7Si/c1-29(17-16-23-41(7,8)54-31(3)50)34-20-21-35-42(34,9)24-22-36-43(10)37(53-30(2)49)27-33(55-56(11,12)40(4,5)6)28-44(43)25-26-45(35,36)48-39(52)46(38(51)47(44)48)32-18-14-13-15-19-32/h13-15,18-19,25-26,29,33-37H,16-17,20-24,27-28H2,1-12H3/t29-,33+,34-,35-,36-,37+,42-,43+,44-,45+/m1/s1. The van der Waals surface area contributed by atoms with Crippen LogP contribution in [0.25, 0.3) is 5.69 Å². The second-order valence-corrected chi connectivity index (χ2v) is 25.6. The van der Waals surface area contributed by atoms with Crippen molar-refractivity contribution >= 4 is 20.3 Å². The first kappa shape index (κ1) is 41.0. The molecule has 6 aliphatic rings. The van der Waals surface area contributed by atoms with Crippen molar-refractivity contribution < 1.29 is 23.5 Å². The molecule has 3 saturated carbocycles. The van der Waals surface area contributed by atoms with Gasteiger partial charge in [0, 0.05) is 32.1 Å². The fourth-order valence-electron chi connectivity index (χ4n) is 12.9. The lowest BCUT2D eigenvalue weighted by Gasteiger charge is -2.72. The zero-order valence-electron chi connectivity index (χ0n) is 36.1. The summed E-state index contributed by atoms with van der Waals surface area (Å²) >= 11 is 0. The summed E-state index contributed by atoms with van der Waals surface area (Å²) in [6, 6.07) is 9.31. The van der Waals surface area contributed by atoms with Crippen molar-refractivity contribution in [1.82, 2.24) is 13.9 Å². The van der Waals surface area contributed by atoms with E-state index in [1.807, 2.05) is 53.5 Å². The Morgan fingerprint density at radius 2 is 1.57 bits per heavy atom. The average molecular weight is 790 g/mol. The highest BCUT2D eigenvalue weighted by Gasteiger charge is 2.78. The predicted molar refractivity (Wildman–Crippen MR) is 220 cm³/mol. The maximum Gasteiger partial charge on any atom is 0.352 e. The zero-order chi connectivity index (χ0) is 41.0. The number of para-hydroxylation sites is 1. The summed E-state index contributed by atoms with van der Waals surface area (Å²) in [7, 11) is -2.30. The van der Waals surface area contributed by atoms with Crippen LogP contribution in [0, 0.1) is 34.5 Å². The molecule has 1 aromatic heterocycles. The molecule has 2 bridgehead atoms. The molecule has 56 heavy (non-hydrogen) atoms. The fourth-order valence-corrected chi connectivity index (χ4v) is 14.3. The Bertz CT molecular complexity index is 2020. The van der Waals surface area contributed by atoms with E-state index in [1.54, 1.807) is 0 Å². The molecule has 3 heterocycles. The maximum atomic E-state index is 15.3. The van der Waals surface area contributed by atoms with Crippen LogP contribution in [0.2, 0.25) is 18.1 Å². The fraction of sp³-hybridized carbons (Fsp3) is 0.733. The maximum absolute atomic E-state index is 15.3. The van der Waals surface area contributed by atoms with Crippen molar-refractivity contribution in [1.29, 1.82) is 0 Å². The third-order valence-electron chi connectivity index (χ3n) is 16.3. The van der Waals surface area contributed by atoms with E-state index in [1.165, 1.54) is 18.4 Å².